The van der Waals surface area contributed by atoms with Crippen LogP contribution in [0.1, 0.15) is 32.3 Å². The molecule has 5 heteroatoms. The van der Waals surface area contributed by atoms with Crippen LogP contribution in [0.15, 0.2) is 12.1 Å². The lowest BCUT2D eigenvalue weighted by Gasteiger charge is -2.09. The Kier molecular flexibility index (Phi) is 4.38. The lowest BCUT2D eigenvalue weighted by atomic mass is 10.2. The van der Waals surface area contributed by atoms with E-state index in [1.165, 1.54) is 13.0 Å². The summed E-state index contributed by atoms with van der Waals surface area (Å²) in [6.45, 7) is 5.37. The zero-order valence-electron chi connectivity index (χ0n) is 10.6. The highest BCUT2D eigenvalue weighted by Gasteiger charge is 2.50. The van der Waals surface area contributed by atoms with E-state index in [1.807, 2.05) is 13.8 Å². The summed E-state index contributed by atoms with van der Waals surface area (Å²) in [4.78, 5) is 11.3. The zero-order chi connectivity index (χ0) is 13.9. The molecule has 0 atom stereocenters. The van der Waals surface area contributed by atoms with Crippen LogP contribution in [0.2, 0.25) is 0 Å². The molecule has 2 nitrogen and oxygen atoms in total. The summed E-state index contributed by atoms with van der Waals surface area (Å²) in [7, 11) is 0. The molecular formula is C13H16F3NO. The number of hydrogen-bond acceptors (Lipinski definition) is 1. The first-order valence-corrected chi connectivity index (χ1v) is 5.88. The SMILES string of the molecule is CC.Cc1cc(NC(=O)C2(F)CC2)cc(F)c1F. The van der Waals surface area contributed by atoms with Crippen LogP contribution >= 0.6 is 0 Å². The molecule has 0 aromatic heterocycles. The molecule has 0 saturated heterocycles. The van der Waals surface area contributed by atoms with Gasteiger partial charge in [-0.15, -0.1) is 0 Å². The van der Waals surface area contributed by atoms with Gasteiger partial charge in [-0.3, -0.25) is 4.79 Å². The number of hydrogen-bond donors (Lipinski definition) is 1. The average Bonchev–Trinajstić information content (AvgIpc) is 3.08. The second-order valence-electron chi connectivity index (χ2n) is 4.01. The summed E-state index contributed by atoms with van der Waals surface area (Å²) < 4.78 is 39.2. The topological polar surface area (TPSA) is 29.1 Å². The van der Waals surface area contributed by atoms with Gasteiger partial charge in [-0.05, 0) is 31.4 Å². The molecule has 100 valence electrons. The number of rotatable bonds is 2. The Morgan fingerprint density at radius 2 is 1.83 bits per heavy atom. The van der Waals surface area contributed by atoms with E-state index < -0.39 is 23.2 Å². The standard InChI is InChI=1S/C11H10F3NO.C2H6/c1-6-4-7(5-8(12)9(6)13)15-10(16)11(14)2-3-11;1-2/h4-5H,2-3H2,1H3,(H,15,16);1-2H3. The van der Waals surface area contributed by atoms with Crippen molar-refractivity contribution in [2.45, 2.75) is 39.3 Å². The van der Waals surface area contributed by atoms with Crippen molar-refractivity contribution in [2.24, 2.45) is 0 Å². The van der Waals surface area contributed by atoms with E-state index in [9.17, 15) is 18.0 Å². The molecule has 1 N–H and O–H groups in total. The van der Waals surface area contributed by atoms with E-state index in [0.717, 1.165) is 6.07 Å². The van der Waals surface area contributed by atoms with Crippen LogP contribution in [0.4, 0.5) is 18.9 Å². The Bertz CT molecular complexity index is 433. The van der Waals surface area contributed by atoms with Gasteiger partial charge in [-0.1, -0.05) is 13.8 Å². The highest BCUT2D eigenvalue weighted by Crippen LogP contribution is 2.40. The fourth-order valence-corrected chi connectivity index (χ4v) is 1.38. The number of carbonyl (C=O) groups excluding carboxylic acids is 1. The van der Waals surface area contributed by atoms with Crippen LogP contribution in [-0.4, -0.2) is 11.6 Å². The Morgan fingerprint density at radius 1 is 1.28 bits per heavy atom. The minimum absolute atomic E-state index is 0.0685. The smallest absolute Gasteiger partial charge is 0.262 e. The number of anilines is 1. The molecule has 0 radical (unpaired) electrons. The maximum absolute atomic E-state index is 13.3. The van der Waals surface area contributed by atoms with Crippen molar-refractivity contribution >= 4 is 11.6 Å². The molecule has 1 aliphatic carbocycles. The maximum atomic E-state index is 13.3. The number of benzene rings is 1. The largest absolute Gasteiger partial charge is 0.323 e. The lowest BCUT2D eigenvalue weighted by molar-refractivity contribution is -0.122. The summed E-state index contributed by atoms with van der Waals surface area (Å²) >= 11 is 0. The van der Waals surface area contributed by atoms with Crippen molar-refractivity contribution in [1.82, 2.24) is 0 Å². The van der Waals surface area contributed by atoms with Crippen LogP contribution < -0.4 is 5.32 Å². The molecule has 0 aliphatic heterocycles. The molecule has 0 heterocycles. The van der Waals surface area contributed by atoms with Crippen molar-refractivity contribution in [2.75, 3.05) is 5.32 Å². The second-order valence-corrected chi connectivity index (χ2v) is 4.01. The molecule has 0 spiro atoms. The van der Waals surface area contributed by atoms with Gasteiger partial charge in [0.15, 0.2) is 17.3 Å². The maximum Gasteiger partial charge on any atom is 0.262 e. The number of aryl methyl sites for hydroxylation is 1. The predicted octanol–water partition coefficient (Wildman–Crippen LogP) is 3.74. The van der Waals surface area contributed by atoms with Gasteiger partial charge >= 0.3 is 0 Å². The monoisotopic (exact) mass is 259 g/mol. The van der Waals surface area contributed by atoms with Crippen LogP contribution in [0.3, 0.4) is 0 Å². The summed E-state index contributed by atoms with van der Waals surface area (Å²) in [5.74, 6) is -2.81. The van der Waals surface area contributed by atoms with E-state index in [0.29, 0.717) is 0 Å². The Morgan fingerprint density at radius 3 is 2.28 bits per heavy atom. The number of amides is 1. The molecule has 1 aromatic rings. The van der Waals surface area contributed by atoms with Gasteiger partial charge in [0.05, 0.1) is 0 Å². The zero-order valence-corrected chi connectivity index (χ0v) is 10.6. The van der Waals surface area contributed by atoms with Crippen molar-refractivity contribution in [3.63, 3.8) is 0 Å². The fraction of sp³-hybridized carbons (Fsp3) is 0.462. The molecule has 1 aliphatic rings. The van der Waals surface area contributed by atoms with Gasteiger partial charge in [0.1, 0.15) is 0 Å². The van der Waals surface area contributed by atoms with Crippen LogP contribution in [-0.2, 0) is 4.79 Å². The van der Waals surface area contributed by atoms with Gasteiger partial charge in [-0.2, -0.15) is 0 Å². The number of halogens is 3. The third-order valence-electron chi connectivity index (χ3n) is 2.56. The minimum atomic E-state index is -1.82. The number of alkyl halides is 1. The van der Waals surface area contributed by atoms with E-state index in [2.05, 4.69) is 5.32 Å². The Labute approximate surface area is 104 Å². The molecular weight excluding hydrogens is 243 g/mol. The first kappa shape index (κ1) is 14.5. The van der Waals surface area contributed by atoms with Crippen molar-refractivity contribution in [3.8, 4) is 0 Å². The lowest BCUT2D eigenvalue weighted by Crippen LogP contribution is -2.25. The third-order valence-corrected chi connectivity index (χ3v) is 2.56. The fourth-order valence-electron chi connectivity index (χ4n) is 1.38. The van der Waals surface area contributed by atoms with Crippen LogP contribution in [0, 0.1) is 18.6 Å². The van der Waals surface area contributed by atoms with Crippen LogP contribution in [0.25, 0.3) is 0 Å². The minimum Gasteiger partial charge on any atom is -0.323 e. The molecule has 1 saturated carbocycles. The van der Waals surface area contributed by atoms with Crippen molar-refractivity contribution < 1.29 is 18.0 Å². The van der Waals surface area contributed by atoms with Crippen molar-refractivity contribution in [1.29, 1.82) is 0 Å². The first-order valence-electron chi connectivity index (χ1n) is 5.88. The Balaban J connectivity index is 0.000000771. The summed E-state index contributed by atoms with van der Waals surface area (Å²) in [5, 5.41) is 2.23. The molecule has 1 fully saturated rings. The molecule has 0 unspecified atom stereocenters. The third kappa shape index (κ3) is 3.03. The predicted molar refractivity (Wildman–Crippen MR) is 64.1 cm³/mol. The van der Waals surface area contributed by atoms with Gasteiger partial charge in [0, 0.05) is 11.8 Å². The summed E-state index contributed by atoms with van der Waals surface area (Å²) in [5.41, 5.74) is -1.68. The molecule has 2 rings (SSSR count). The van der Waals surface area contributed by atoms with E-state index >= 15 is 0 Å². The van der Waals surface area contributed by atoms with E-state index in [1.54, 1.807) is 0 Å². The summed E-state index contributed by atoms with van der Waals surface area (Å²) in [6, 6.07) is 2.11. The number of carbonyl (C=O) groups is 1. The number of nitrogens with one attached hydrogen (secondary N) is 1. The first-order chi connectivity index (χ1) is 8.42. The van der Waals surface area contributed by atoms with Gasteiger partial charge in [0.25, 0.3) is 5.91 Å². The van der Waals surface area contributed by atoms with Gasteiger partial charge < -0.3 is 5.32 Å². The van der Waals surface area contributed by atoms with Gasteiger partial charge in [-0.25, -0.2) is 13.2 Å². The van der Waals surface area contributed by atoms with E-state index in [4.69, 9.17) is 0 Å². The quantitative estimate of drug-likeness (QED) is 0.861. The highest BCUT2D eigenvalue weighted by atomic mass is 19.2. The van der Waals surface area contributed by atoms with E-state index in [-0.39, 0.29) is 24.1 Å². The van der Waals surface area contributed by atoms with Gasteiger partial charge in [0.2, 0.25) is 0 Å². The molecule has 0 bridgehead atoms. The van der Waals surface area contributed by atoms with Crippen LogP contribution in [0.5, 0.6) is 0 Å². The Hall–Kier alpha value is -1.52. The second kappa shape index (κ2) is 5.42. The highest BCUT2D eigenvalue weighted by molar-refractivity contribution is 5.99. The normalized spacial score (nSPS) is 15.4. The molecule has 18 heavy (non-hydrogen) atoms. The molecule has 1 aromatic carbocycles. The summed E-state index contributed by atoms with van der Waals surface area (Å²) in [6.07, 6.45) is 0.364. The average molecular weight is 259 g/mol. The molecule has 1 amide bonds. The van der Waals surface area contributed by atoms with Crippen molar-refractivity contribution in [3.05, 3.63) is 29.3 Å².